The zero-order valence-corrected chi connectivity index (χ0v) is 9.07. The Kier molecular flexibility index (Phi) is 13.4. The monoisotopic (exact) mass is 209 g/mol. The molecule has 0 aromatic rings. The number of halogens is 1. The minimum Gasteiger partial charge on any atom is -0.450 e. The molecule has 0 atom stereocenters. The van der Waals surface area contributed by atoms with Gasteiger partial charge in [0.25, 0.3) is 0 Å². The van der Waals surface area contributed by atoms with Crippen molar-refractivity contribution in [3.05, 3.63) is 0 Å². The molecule has 0 aliphatic carbocycles. The smallest absolute Gasteiger partial charge is 0.404 e. The number of nitrogens with two attached hydrogens (primary N) is 1. The summed E-state index contributed by atoms with van der Waals surface area (Å²) in [4.78, 5) is 10.1. The van der Waals surface area contributed by atoms with Crippen LogP contribution < -0.4 is 5.73 Å². The first-order chi connectivity index (χ1) is 5.77. The normalized spacial score (nSPS) is 9.00. The predicted octanol–water partition coefficient (Wildman–Crippen LogP) is 2.86. The van der Waals surface area contributed by atoms with Gasteiger partial charge in [-0.05, 0) is 6.42 Å². The molecule has 0 aromatic heterocycles. The second-order valence-corrected chi connectivity index (χ2v) is 2.94. The van der Waals surface area contributed by atoms with Crippen LogP contribution in [-0.2, 0) is 4.74 Å². The van der Waals surface area contributed by atoms with Gasteiger partial charge in [0, 0.05) is 0 Å². The highest BCUT2D eigenvalue weighted by atomic mass is 35.5. The number of rotatable bonds is 7. The van der Waals surface area contributed by atoms with Crippen molar-refractivity contribution in [3.63, 3.8) is 0 Å². The number of carbonyl (C=O) groups is 1. The fraction of sp³-hybridized carbons (Fsp3) is 0.889. The summed E-state index contributed by atoms with van der Waals surface area (Å²) >= 11 is 0. The maximum Gasteiger partial charge on any atom is 0.404 e. The molecule has 0 saturated carbocycles. The van der Waals surface area contributed by atoms with E-state index in [4.69, 9.17) is 5.73 Å². The van der Waals surface area contributed by atoms with Crippen LogP contribution in [0.25, 0.3) is 0 Å². The van der Waals surface area contributed by atoms with Gasteiger partial charge in [-0.25, -0.2) is 4.79 Å². The first-order valence-corrected chi connectivity index (χ1v) is 4.69. The zero-order valence-electron chi connectivity index (χ0n) is 8.25. The summed E-state index contributed by atoms with van der Waals surface area (Å²) in [7, 11) is 0. The summed E-state index contributed by atoms with van der Waals surface area (Å²) in [5.41, 5.74) is 4.79. The van der Waals surface area contributed by atoms with Crippen LogP contribution in [0.15, 0.2) is 0 Å². The molecule has 0 radical (unpaired) electrons. The lowest BCUT2D eigenvalue weighted by atomic mass is 10.1. The van der Waals surface area contributed by atoms with Crippen LogP contribution in [-0.4, -0.2) is 12.7 Å². The molecule has 13 heavy (non-hydrogen) atoms. The van der Waals surface area contributed by atoms with Crippen LogP contribution in [0.5, 0.6) is 0 Å². The molecule has 0 aliphatic rings. The number of amides is 1. The molecule has 0 rings (SSSR count). The van der Waals surface area contributed by atoms with Gasteiger partial charge in [-0.2, -0.15) is 0 Å². The lowest BCUT2D eigenvalue weighted by Crippen LogP contribution is -2.13. The van der Waals surface area contributed by atoms with Crippen molar-refractivity contribution < 1.29 is 9.53 Å². The Morgan fingerprint density at radius 2 is 1.69 bits per heavy atom. The second-order valence-electron chi connectivity index (χ2n) is 2.94. The molecule has 0 heterocycles. The van der Waals surface area contributed by atoms with Crippen molar-refractivity contribution in [1.82, 2.24) is 0 Å². The van der Waals surface area contributed by atoms with Crippen molar-refractivity contribution in [2.75, 3.05) is 6.61 Å². The summed E-state index contributed by atoms with van der Waals surface area (Å²) < 4.78 is 4.59. The molecule has 0 saturated heterocycles. The number of hydrogen-bond acceptors (Lipinski definition) is 2. The molecular weight excluding hydrogens is 190 g/mol. The van der Waals surface area contributed by atoms with E-state index in [0.717, 1.165) is 12.8 Å². The Labute approximate surface area is 86.4 Å². The summed E-state index contributed by atoms with van der Waals surface area (Å²) in [6, 6.07) is 0. The molecule has 2 N–H and O–H groups in total. The Balaban J connectivity index is 0. The van der Waals surface area contributed by atoms with Crippen molar-refractivity contribution in [1.29, 1.82) is 0 Å². The first kappa shape index (κ1) is 15.1. The minimum atomic E-state index is -0.663. The van der Waals surface area contributed by atoms with Gasteiger partial charge < -0.3 is 10.5 Å². The summed E-state index contributed by atoms with van der Waals surface area (Å²) in [6.07, 6.45) is 6.49. The average Bonchev–Trinajstić information content (AvgIpc) is 2.02. The van der Waals surface area contributed by atoms with E-state index >= 15 is 0 Å². The van der Waals surface area contributed by atoms with Gasteiger partial charge in [-0.3, -0.25) is 0 Å². The van der Waals surface area contributed by atoms with Crippen LogP contribution in [0.3, 0.4) is 0 Å². The molecule has 0 aliphatic heterocycles. The highest BCUT2D eigenvalue weighted by Crippen LogP contribution is 2.04. The highest BCUT2D eigenvalue weighted by Gasteiger charge is 1.93. The molecule has 0 spiro atoms. The van der Waals surface area contributed by atoms with Crippen LogP contribution in [0, 0.1) is 0 Å². The standard InChI is InChI=1S/C9H19NO2.ClH/c1-2-3-4-5-6-7-8-12-9(10)11;/h2-8H2,1H3,(H2,10,11);1H. The van der Waals surface area contributed by atoms with Crippen LogP contribution in [0.1, 0.15) is 45.4 Å². The Hall–Kier alpha value is -0.440. The lowest BCUT2D eigenvalue weighted by Gasteiger charge is -2.00. The van der Waals surface area contributed by atoms with E-state index < -0.39 is 6.09 Å². The number of primary amides is 1. The van der Waals surface area contributed by atoms with Gasteiger partial charge in [0.1, 0.15) is 0 Å². The Morgan fingerprint density at radius 3 is 2.23 bits per heavy atom. The van der Waals surface area contributed by atoms with Gasteiger partial charge in [-0.15, -0.1) is 12.4 Å². The van der Waals surface area contributed by atoms with E-state index in [9.17, 15) is 4.79 Å². The van der Waals surface area contributed by atoms with Gasteiger partial charge >= 0.3 is 6.09 Å². The van der Waals surface area contributed by atoms with Crippen molar-refractivity contribution >= 4 is 18.5 Å². The van der Waals surface area contributed by atoms with Crippen LogP contribution in [0.4, 0.5) is 4.79 Å². The molecule has 1 amide bonds. The molecule has 80 valence electrons. The summed E-state index contributed by atoms with van der Waals surface area (Å²) in [5.74, 6) is 0. The van der Waals surface area contributed by atoms with Gasteiger partial charge in [0.2, 0.25) is 0 Å². The lowest BCUT2D eigenvalue weighted by molar-refractivity contribution is 0.154. The molecule has 0 aromatic carbocycles. The number of ether oxygens (including phenoxy) is 1. The van der Waals surface area contributed by atoms with E-state index in [0.29, 0.717) is 6.61 Å². The van der Waals surface area contributed by atoms with E-state index in [1.807, 2.05) is 0 Å². The third-order valence-electron chi connectivity index (χ3n) is 1.74. The van der Waals surface area contributed by atoms with E-state index in [-0.39, 0.29) is 12.4 Å². The maximum absolute atomic E-state index is 10.1. The number of carbonyl (C=O) groups excluding carboxylic acids is 1. The maximum atomic E-state index is 10.1. The SMILES string of the molecule is CCCCCCCCOC(N)=O.Cl. The Bertz CT molecular complexity index is 120. The van der Waals surface area contributed by atoms with Crippen molar-refractivity contribution in [2.45, 2.75) is 45.4 Å². The van der Waals surface area contributed by atoms with Crippen LogP contribution >= 0.6 is 12.4 Å². The van der Waals surface area contributed by atoms with Gasteiger partial charge in [-0.1, -0.05) is 39.0 Å². The molecule has 0 unspecified atom stereocenters. The van der Waals surface area contributed by atoms with Crippen molar-refractivity contribution in [3.8, 4) is 0 Å². The largest absolute Gasteiger partial charge is 0.450 e. The van der Waals surface area contributed by atoms with Crippen molar-refractivity contribution in [2.24, 2.45) is 5.73 Å². The fourth-order valence-corrected chi connectivity index (χ4v) is 1.06. The average molecular weight is 210 g/mol. The first-order valence-electron chi connectivity index (χ1n) is 4.69. The molecule has 0 bridgehead atoms. The predicted molar refractivity (Wildman–Crippen MR) is 56.2 cm³/mol. The topological polar surface area (TPSA) is 52.3 Å². The molecule has 0 fully saturated rings. The number of unbranched alkanes of at least 4 members (excludes halogenated alkanes) is 5. The zero-order chi connectivity index (χ0) is 9.23. The summed E-state index contributed by atoms with van der Waals surface area (Å²) in [5, 5.41) is 0. The van der Waals surface area contributed by atoms with Crippen LogP contribution in [0.2, 0.25) is 0 Å². The molecule has 3 nitrogen and oxygen atoms in total. The quantitative estimate of drug-likeness (QED) is 0.656. The molecular formula is C9H20ClNO2. The van der Waals surface area contributed by atoms with Gasteiger partial charge in [0.15, 0.2) is 0 Å². The Morgan fingerprint density at radius 1 is 1.15 bits per heavy atom. The number of hydrogen-bond donors (Lipinski definition) is 1. The van der Waals surface area contributed by atoms with Gasteiger partial charge in [0.05, 0.1) is 6.61 Å². The highest BCUT2D eigenvalue weighted by molar-refractivity contribution is 5.85. The van der Waals surface area contributed by atoms with E-state index in [1.54, 1.807) is 0 Å². The molecule has 4 heteroatoms. The minimum absolute atomic E-state index is 0. The third-order valence-corrected chi connectivity index (χ3v) is 1.74. The fourth-order valence-electron chi connectivity index (χ4n) is 1.06. The van der Waals surface area contributed by atoms with E-state index in [1.165, 1.54) is 25.7 Å². The summed E-state index contributed by atoms with van der Waals surface area (Å²) in [6.45, 7) is 2.66. The second kappa shape index (κ2) is 11.6. The third kappa shape index (κ3) is 14.4. The van der Waals surface area contributed by atoms with E-state index in [2.05, 4.69) is 11.7 Å².